The highest BCUT2D eigenvalue weighted by Crippen LogP contribution is 2.15. The summed E-state index contributed by atoms with van der Waals surface area (Å²) in [5.74, 6) is 0. The van der Waals surface area contributed by atoms with Crippen molar-refractivity contribution in [3.8, 4) is 5.69 Å². The predicted octanol–water partition coefficient (Wildman–Crippen LogP) is 2.51. The largest absolute Gasteiger partial charge is 0.308 e. The van der Waals surface area contributed by atoms with E-state index in [0.29, 0.717) is 0 Å². The van der Waals surface area contributed by atoms with Crippen molar-refractivity contribution in [2.24, 2.45) is 0 Å². The van der Waals surface area contributed by atoms with Crippen LogP contribution in [0.25, 0.3) is 5.69 Å². The van der Waals surface area contributed by atoms with E-state index in [4.69, 9.17) is 0 Å². The van der Waals surface area contributed by atoms with Gasteiger partial charge < -0.3 is 5.32 Å². The zero-order valence-corrected chi connectivity index (χ0v) is 13.7. The highest BCUT2D eigenvalue weighted by atomic mass is 15.3. The van der Waals surface area contributed by atoms with E-state index in [0.717, 1.165) is 12.2 Å². The molecule has 1 N–H and O–H groups in total. The molecule has 0 saturated carbocycles. The van der Waals surface area contributed by atoms with Crippen molar-refractivity contribution in [3.63, 3.8) is 0 Å². The molecule has 23 heavy (non-hydrogen) atoms. The molecule has 6 nitrogen and oxygen atoms in total. The minimum Gasteiger partial charge on any atom is -0.308 e. The standard InChI is InChI=1S/C17H22N6/c1-13-8-20-22(10-13)15(3)14(2)19-9-16-6-4-5-7-17(16)23-12-18-11-21-23/h4-8,10-12,14-15,19H,9H2,1-3H3. The summed E-state index contributed by atoms with van der Waals surface area (Å²) in [4.78, 5) is 4.02. The molecule has 120 valence electrons. The van der Waals surface area contributed by atoms with Crippen LogP contribution in [0.4, 0.5) is 0 Å². The quantitative estimate of drug-likeness (QED) is 0.760. The van der Waals surface area contributed by atoms with Crippen molar-refractivity contribution in [3.05, 3.63) is 60.4 Å². The van der Waals surface area contributed by atoms with Gasteiger partial charge in [-0.2, -0.15) is 10.2 Å². The monoisotopic (exact) mass is 310 g/mol. The van der Waals surface area contributed by atoms with E-state index >= 15 is 0 Å². The average Bonchev–Trinajstić information content (AvgIpc) is 3.23. The zero-order valence-electron chi connectivity index (χ0n) is 13.7. The maximum Gasteiger partial charge on any atom is 0.138 e. The summed E-state index contributed by atoms with van der Waals surface area (Å²) in [6.07, 6.45) is 7.24. The summed E-state index contributed by atoms with van der Waals surface area (Å²) < 4.78 is 3.80. The number of nitrogens with one attached hydrogen (secondary N) is 1. The second-order valence-electron chi connectivity index (χ2n) is 5.88. The highest BCUT2D eigenvalue weighted by Gasteiger charge is 2.15. The normalized spacial score (nSPS) is 13.9. The van der Waals surface area contributed by atoms with Crippen LogP contribution in [-0.4, -0.2) is 30.6 Å². The molecule has 3 aromatic rings. The Bertz CT molecular complexity index is 746. The number of rotatable bonds is 6. The molecular formula is C17H22N6. The number of hydrogen-bond donors (Lipinski definition) is 1. The second-order valence-corrected chi connectivity index (χ2v) is 5.88. The van der Waals surface area contributed by atoms with Gasteiger partial charge in [0.15, 0.2) is 0 Å². The number of nitrogens with zero attached hydrogens (tertiary/aromatic N) is 5. The Morgan fingerprint density at radius 3 is 2.70 bits per heavy atom. The molecule has 2 aromatic heterocycles. The van der Waals surface area contributed by atoms with Gasteiger partial charge in [0.1, 0.15) is 12.7 Å². The maximum atomic E-state index is 4.40. The Morgan fingerprint density at radius 2 is 2.00 bits per heavy atom. The van der Waals surface area contributed by atoms with E-state index in [1.54, 1.807) is 17.3 Å². The third-order valence-electron chi connectivity index (χ3n) is 4.14. The predicted molar refractivity (Wildman–Crippen MR) is 89.3 cm³/mol. The Balaban J connectivity index is 1.69. The molecule has 2 atom stereocenters. The van der Waals surface area contributed by atoms with Crippen molar-refractivity contribution >= 4 is 0 Å². The first-order valence-corrected chi connectivity index (χ1v) is 7.82. The summed E-state index contributed by atoms with van der Waals surface area (Å²) in [6.45, 7) is 7.18. The Hall–Kier alpha value is -2.47. The van der Waals surface area contributed by atoms with E-state index in [1.807, 2.05) is 23.0 Å². The molecule has 2 heterocycles. The molecule has 0 amide bonds. The highest BCUT2D eigenvalue weighted by molar-refractivity contribution is 5.39. The van der Waals surface area contributed by atoms with Crippen LogP contribution >= 0.6 is 0 Å². The van der Waals surface area contributed by atoms with Gasteiger partial charge in [-0.05, 0) is 38.0 Å². The molecule has 6 heteroatoms. The van der Waals surface area contributed by atoms with Crippen LogP contribution in [0.2, 0.25) is 0 Å². The van der Waals surface area contributed by atoms with Crippen molar-refractivity contribution in [2.75, 3.05) is 0 Å². The van der Waals surface area contributed by atoms with E-state index in [2.05, 4.69) is 59.6 Å². The van der Waals surface area contributed by atoms with Crippen LogP contribution in [0.3, 0.4) is 0 Å². The molecule has 0 spiro atoms. The topological polar surface area (TPSA) is 60.6 Å². The van der Waals surface area contributed by atoms with Gasteiger partial charge in [-0.1, -0.05) is 18.2 Å². The van der Waals surface area contributed by atoms with Gasteiger partial charge in [0.25, 0.3) is 0 Å². The lowest BCUT2D eigenvalue weighted by Crippen LogP contribution is -2.33. The number of hydrogen-bond acceptors (Lipinski definition) is 4. The van der Waals surface area contributed by atoms with Crippen molar-refractivity contribution < 1.29 is 0 Å². The van der Waals surface area contributed by atoms with E-state index < -0.39 is 0 Å². The number of aryl methyl sites for hydroxylation is 1. The van der Waals surface area contributed by atoms with Gasteiger partial charge in [0.05, 0.1) is 17.9 Å². The Labute approximate surface area is 136 Å². The summed E-state index contributed by atoms with van der Waals surface area (Å²) in [7, 11) is 0. The smallest absolute Gasteiger partial charge is 0.138 e. The number of para-hydroxylation sites is 1. The van der Waals surface area contributed by atoms with Crippen LogP contribution in [0.5, 0.6) is 0 Å². The lowest BCUT2D eigenvalue weighted by atomic mass is 10.1. The Kier molecular flexibility index (Phi) is 4.52. The number of aromatic nitrogens is 5. The van der Waals surface area contributed by atoms with Gasteiger partial charge in [0.2, 0.25) is 0 Å². The van der Waals surface area contributed by atoms with Crippen molar-refractivity contribution in [1.29, 1.82) is 0 Å². The minimum absolute atomic E-state index is 0.280. The van der Waals surface area contributed by atoms with Crippen LogP contribution in [-0.2, 0) is 6.54 Å². The van der Waals surface area contributed by atoms with Crippen LogP contribution in [0, 0.1) is 6.92 Å². The van der Waals surface area contributed by atoms with Gasteiger partial charge in [0, 0.05) is 18.8 Å². The molecule has 0 aliphatic carbocycles. The molecule has 0 saturated heterocycles. The van der Waals surface area contributed by atoms with Gasteiger partial charge in [-0.3, -0.25) is 4.68 Å². The molecule has 2 unspecified atom stereocenters. The van der Waals surface area contributed by atoms with E-state index in [9.17, 15) is 0 Å². The maximum absolute atomic E-state index is 4.40. The molecule has 1 aromatic carbocycles. The third kappa shape index (κ3) is 3.48. The number of benzene rings is 1. The molecule has 0 radical (unpaired) electrons. The molecule has 0 aliphatic rings. The lowest BCUT2D eigenvalue weighted by Gasteiger charge is -2.22. The van der Waals surface area contributed by atoms with Crippen molar-refractivity contribution in [2.45, 2.75) is 39.4 Å². The molecular weight excluding hydrogens is 288 g/mol. The molecule has 3 rings (SSSR count). The fourth-order valence-corrected chi connectivity index (χ4v) is 2.54. The van der Waals surface area contributed by atoms with Crippen molar-refractivity contribution in [1.82, 2.24) is 29.9 Å². The van der Waals surface area contributed by atoms with E-state index in [-0.39, 0.29) is 12.1 Å². The molecule has 0 bridgehead atoms. The zero-order chi connectivity index (χ0) is 16.2. The second kappa shape index (κ2) is 6.75. The van der Waals surface area contributed by atoms with Gasteiger partial charge >= 0.3 is 0 Å². The fourth-order valence-electron chi connectivity index (χ4n) is 2.54. The summed E-state index contributed by atoms with van der Waals surface area (Å²) in [5.41, 5.74) is 3.42. The SMILES string of the molecule is Cc1cnn(C(C)C(C)NCc2ccccc2-n2cncn2)c1. The van der Waals surface area contributed by atoms with Gasteiger partial charge in [-0.25, -0.2) is 9.67 Å². The molecule has 0 fully saturated rings. The minimum atomic E-state index is 0.280. The first kappa shape index (κ1) is 15.4. The van der Waals surface area contributed by atoms with Crippen LogP contribution in [0.1, 0.15) is 31.0 Å². The first-order chi connectivity index (χ1) is 11.1. The summed E-state index contributed by atoms with van der Waals surface area (Å²) in [6, 6.07) is 8.79. The third-order valence-corrected chi connectivity index (χ3v) is 4.14. The Morgan fingerprint density at radius 1 is 1.17 bits per heavy atom. The molecule has 0 aliphatic heterocycles. The van der Waals surface area contributed by atoms with Gasteiger partial charge in [-0.15, -0.1) is 0 Å². The summed E-state index contributed by atoms with van der Waals surface area (Å²) in [5, 5.41) is 12.2. The van der Waals surface area contributed by atoms with E-state index in [1.165, 1.54) is 11.1 Å². The van der Waals surface area contributed by atoms with Crippen LogP contribution in [0.15, 0.2) is 49.3 Å². The summed E-state index contributed by atoms with van der Waals surface area (Å²) >= 11 is 0. The first-order valence-electron chi connectivity index (χ1n) is 7.82. The lowest BCUT2D eigenvalue weighted by molar-refractivity contribution is 0.364. The van der Waals surface area contributed by atoms with Crippen LogP contribution < -0.4 is 5.32 Å². The average molecular weight is 310 g/mol. The fraction of sp³-hybridized carbons (Fsp3) is 0.353.